The average molecular weight is 347 g/mol. The highest BCUT2D eigenvalue weighted by Crippen LogP contribution is 2.30. The van der Waals surface area contributed by atoms with Crippen molar-refractivity contribution in [1.82, 2.24) is 14.9 Å². The third-order valence-corrected chi connectivity index (χ3v) is 3.28. The van der Waals surface area contributed by atoms with Crippen LogP contribution >= 0.6 is 15.9 Å². The molecule has 2 N–H and O–H groups in total. The summed E-state index contributed by atoms with van der Waals surface area (Å²) in [6.45, 7) is 0.944. The number of alkyl halides is 1. The van der Waals surface area contributed by atoms with E-state index in [-0.39, 0.29) is 18.8 Å². The van der Waals surface area contributed by atoms with Crippen LogP contribution in [0.1, 0.15) is 13.3 Å². The first-order chi connectivity index (χ1) is 9.28. The van der Waals surface area contributed by atoms with Gasteiger partial charge in [-0.3, -0.25) is 14.7 Å². The number of nitrogens with one attached hydrogen (secondary N) is 1. The van der Waals surface area contributed by atoms with Crippen molar-refractivity contribution in [3.8, 4) is 0 Å². The van der Waals surface area contributed by atoms with Crippen LogP contribution in [0, 0.1) is 0 Å². The summed E-state index contributed by atoms with van der Waals surface area (Å²) in [5.74, 6) is -0.455. The second kappa shape index (κ2) is 5.31. The summed E-state index contributed by atoms with van der Waals surface area (Å²) < 4.78 is 14.3. The predicted molar refractivity (Wildman–Crippen MR) is 71.0 cm³/mol. The van der Waals surface area contributed by atoms with Crippen molar-refractivity contribution in [1.29, 1.82) is 0 Å². The van der Waals surface area contributed by atoms with Crippen molar-refractivity contribution in [2.24, 2.45) is 0 Å². The van der Waals surface area contributed by atoms with Gasteiger partial charge in [0.05, 0.1) is 18.9 Å². The Hall–Kier alpha value is -1.77. The maximum Gasteiger partial charge on any atom is 0.408 e. The van der Waals surface area contributed by atoms with Crippen molar-refractivity contribution in [2.75, 3.05) is 11.9 Å². The van der Waals surface area contributed by atoms with Gasteiger partial charge in [-0.25, -0.2) is 14.2 Å². The number of aromatic nitrogens is 2. The highest BCUT2D eigenvalue weighted by molar-refractivity contribution is 9.10. The molecule has 1 aromatic heterocycles. The van der Waals surface area contributed by atoms with Gasteiger partial charge >= 0.3 is 6.09 Å². The molecule has 2 amide bonds. The Bertz CT molecular complexity index is 554. The van der Waals surface area contributed by atoms with Crippen molar-refractivity contribution in [3.63, 3.8) is 0 Å². The number of anilines is 1. The minimum absolute atomic E-state index is 0.169. The van der Waals surface area contributed by atoms with Gasteiger partial charge in [0.2, 0.25) is 5.91 Å². The number of hydrogen-bond acceptors (Lipinski definition) is 4. The summed E-state index contributed by atoms with van der Waals surface area (Å²) in [7, 11) is 0. The molecule has 1 saturated heterocycles. The van der Waals surface area contributed by atoms with E-state index in [4.69, 9.17) is 5.11 Å². The molecule has 108 valence electrons. The fraction of sp³-hybridized carbons (Fsp3) is 0.455. The molecule has 1 aliphatic heterocycles. The Morgan fingerprint density at radius 1 is 1.60 bits per heavy atom. The van der Waals surface area contributed by atoms with Crippen LogP contribution in [0.5, 0.6) is 0 Å². The molecular weight excluding hydrogens is 335 g/mol. The van der Waals surface area contributed by atoms with Crippen LogP contribution < -0.4 is 5.32 Å². The Kier molecular flexibility index (Phi) is 3.89. The van der Waals surface area contributed by atoms with Gasteiger partial charge in [0.15, 0.2) is 5.82 Å². The topological polar surface area (TPSA) is 95.4 Å². The third-order valence-electron chi connectivity index (χ3n) is 2.90. The van der Waals surface area contributed by atoms with E-state index in [9.17, 15) is 14.0 Å². The lowest BCUT2D eigenvalue weighted by molar-refractivity contribution is -0.120. The van der Waals surface area contributed by atoms with Gasteiger partial charge in [-0.15, -0.1) is 0 Å². The number of hydrogen-bond donors (Lipinski definition) is 2. The molecule has 1 fully saturated rings. The summed E-state index contributed by atoms with van der Waals surface area (Å²) in [4.78, 5) is 31.7. The molecule has 2 rings (SSSR count). The van der Waals surface area contributed by atoms with Crippen LogP contribution in [0.15, 0.2) is 17.0 Å². The molecule has 1 aromatic rings. The quantitative estimate of drug-likeness (QED) is 0.848. The molecule has 7 nitrogen and oxygen atoms in total. The molecule has 0 aromatic carbocycles. The van der Waals surface area contributed by atoms with Crippen molar-refractivity contribution in [3.05, 3.63) is 17.0 Å². The lowest BCUT2D eigenvalue weighted by Crippen LogP contribution is -2.42. The van der Waals surface area contributed by atoms with E-state index in [0.717, 1.165) is 4.90 Å². The van der Waals surface area contributed by atoms with E-state index in [0.29, 0.717) is 4.60 Å². The van der Waals surface area contributed by atoms with E-state index in [1.54, 1.807) is 0 Å². The Balaban J connectivity index is 2.13. The third kappa shape index (κ3) is 3.21. The molecule has 9 heteroatoms. The van der Waals surface area contributed by atoms with Gasteiger partial charge in [0, 0.05) is 6.42 Å². The molecule has 0 spiro atoms. The molecule has 2 unspecified atom stereocenters. The first-order valence-electron chi connectivity index (χ1n) is 5.75. The first kappa shape index (κ1) is 14.6. The van der Waals surface area contributed by atoms with E-state index < -0.39 is 23.7 Å². The highest BCUT2D eigenvalue weighted by atomic mass is 79.9. The standard InChI is InChI=1S/C11H12BrFN4O3/c1-11(13)2-6(17(5-11)10(19)20)9(18)16-8-4-14-3-7(12)15-8/h3-4,6H,2,5H2,1H3,(H,19,20)(H,15,16,18). The van der Waals surface area contributed by atoms with Gasteiger partial charge < -0.3 is 10.4 Å². The number of rotatable bonds is 2. The van der Waals surface area contributed by atoms with Crippen LogP contribution in [0.4, 0.5) is 15.0 Å². The number of likely N-dealkylation sites (tertiary alicyclic amines) is 1. The second-order valence-corrected chi connectivity index (χ2v) is 5.57. The first-order valence-corrected chi connectivity index (χ1v) is 6.55. The van der Waals surface area contributed by atoms with Gasteiger partial charge in [-0.2, -0.15) is 0 Å². The molecule has 2 atom stereocenters. The zero-order valence-corrected chi connectivity index (χ0v) is 12.1. The predicted octanol–water partition coefficient (Wildman–Crippen LogP) is 1.66. The van der Waals surface area contributed by atoms with Crippen molar-refractivity contribution < 1.29 is 19.1 Å². The molecule has 0 saturated carbocycles. The number of halogens is 2. The van der Waals surface area contributed by atoms with Gasteiger partial charge in [-0.05, 0) is 22.9 Å². The minimum Gasteiger partial charge on any atom is -0.465 e. The summed E-state index contributed by atoms with van der Waals surface area (Å²) in [5.41, 5.74) is -1.72. The van der Waals surface area contributed by atoms with Crippen LogP contribution in [-0.2, 0) is 4.79 Å². The Labute approximate surface area is 122 Å². The van der Waals surface area contributed by atoms with Crippen LogP contribution in [0.25, 0.3) is 0 Å². The van der Waals surface area contributed by atoms with Crippen LogP contribution in [0.3, 0.4) is 0 Å². The molecule has 0 radical (unpaired) electrons. The van der Waals surface area contributed by atoms with Gasteiger partial charge in [-0.1, -0.05) is 0 Å². The highest BCUT2D eigenvalue weighted by Gasteiger charge is 2.46. The maximum absolute atomic E-state index is 13.9. The SMILES string of the molecule is CC1(F)CC(C(=O)Nc2cncc(Br)n2)N(C(=O)O)C1. The molecule has 2 heterocycles. The van der Waals surface area contributed by atoms with Crippen LogP contribution in [0.2, 0.25) is 0 Å². The molecule has 1 aliphatic rings. The smallest absolute Gasteiger partial charge is 0.408 e. The van der Waals surface area contributed by atoms with Crippen molar-refractivity contribution >= 4 is 33.7 Å². The average Bonchev–Trinajstić information content (AvgIpc) is 2.66. The fourth-order valence-electron chi connectivity index (χ4n) is 2.09. The summed E-state index contributed by atoms with van der Waals surface area (Å²) in [6.07, 6.45) is 1.24. The van der Waals surface area contributed by atoms with E-state index in [1.165, 1.54) is 19.3 Å². The molecular formula is C11H12BrFN4O3. The zero-order chi connectivity index (χ0) is 14.9. The maximum atomic E-state index is 13.9. The van der Waals surface area contributed by atoms with Crippen LogP contribution in [-0.4, -0.2) is 50.2 Å². The van der Waals surface area contributed by atoms with Crippen molar-refractivity contribution in [2.45, 2.75) is 25.1 Å². The normalized spacial score (nSPS) is 25.6. The van der Waals surface area contributed by atoms with E-state index in [2.05, 4.69) is 31.2 Å². The summed E-state index contributed by atoms with van der Waals surface area (Å²) >= 11 is 3.10. The Morgan fingerprint density at radius 3 is 2.90 bits per heavy atom. The molecule has 0 bridgehead atoms. The van der Waals surface area contributed by atoms with Gasteiger partial charge in [0.25, 0.3) is 0 Å². The van der Waals surface area contributed by atoms with E-state index >= 15 is 0 Å². The summed E-state index contributed by atoms with van der Waals surface area (Å²) in [6, 6.07) is -1.08. The largest absolute Gasteiger partial charge is 0.465 e. The Morgan fingerprint density at radius 2 is 2.30 bits per heavy atom. The number of nitrogens with zero attached hydrogens (tertiary/aromatic N) is 3. The number of carbonyl (C=O) groups excluding carboxylic acids is 1. The minimum atomic E-state index is -1.72. The second-order valence-electron chi connectivity index (χ2n) is 4.76. The molecule has 20 heavy (non-hydrogen) atoms. The number of carbonyl (C=O) groups is 2. The van der Waals surface area contributed by atoms with Gasteiger partial charge in [0.1, 0.15) is 16.3 Å². The molecule has 0 aliphatic carbocycles. The monoisotopic (exact) mass is 346 g/mol. The van der Waals surface area contributed by atoms with E-state index in [1.807, 2.05) is 0 Å². The lowest BCUT2D eigenvalue weighted by Gasteiger charge is -2.19. The summed E-state index contributed by atoms with van der Waals surface area (Å²) in [5, 5.41) is 11.5. The lowest BCUT2D eigenvalue weighted by atomic mass is 10.0. The number of carboxylic acid groups (broad SMARTS) is 1. The fourth-order valence-corrected chi connectivity index (χ4v) is 2.40. The zero-order valence-electron chi connectivity index (χ0n) is 10.5. The number of amides is 2.